The molecule has 0 heterocycles. The molecule has 0 radical (unpaired) electrons. The number of ether oxygens (including phenoxy) is 1. The minimum Gasteiger partial charge on any atom is -0.370 e. The summed E-state index contributed by atoms with van der Waals surface area (Å²) in [5.74, 6) is 0.209. The molecule has 0 spiro atoms. The summed E-state index contributed by atoms with van der Waals surface area (Å²) >= 11 is 0. The van der Waals surface area contributed by atoms with E-state index in [1.807, 2.05) is 27.7 Å². The van der Waals surface area contributed by atoms with Gasteiger partial charge in [0.15, 0.2) is 5.78 Å². The summed E-state index contributed by atoms with van der Waals surface area (Å²) in [6.45, 7) is 10.7. The summed E-state index contributed by atoms with van der Waals surface area (Å²) in [4.78, 5) is 11.5. The van der Waals surface area contributed by atoms with E-state index >= 15 is 0 Å². The Bertz CT molecular complexity index is 156. The first kappa shape index (κ1) is 12.6. The minimum absolute atomic E-state index is 0.0811. The Hall–Kier alpha value is -0.370. The zero-order valence-corrected chi connectivity index (χ0v) is 9.52. The molecule has 0 bridgehead atoms. The van der Waals surface area contributed by atoms with Crippen molar-refractivity contribution in [1.82, 2.24) is 0 Å². The first-order valence-electron chi connectivity index (χ1n) is 5.07. The van der Waals surface area contributed by atoms with Crippen molar-refractivity contribution in [2.45, 2.75) is 53.6 Å². The van der Waals surface area contributed by atoms with Gasteiger partial charge in [-0.05, 0) is 11.8 Å². The van der Waals surface area contributed by atoms with Crippen LogP contribution in [-0.2, 0) is 9.53 Å². The summed E-state index contributed by atoms with van der Waals surface area (Å²) < 4.78 is 5.56. The lowest BCUT2D eigenvalue weighted by Gasteiger charge is -2.29. The highest BCUT2D eigenvalue weighted by molar-refractivity contribution is 5.83. The second-order valence-corrected chi connectivity index (χ2v) is 4.44. The maximum atomic E-state index is 11.5. The van der Waals surface area contributed by atoms with E-state index in [1.54, 1.807) is 0 Å². The molecule has 1 unspecified atom stereocenters. The number of rotatable bonds is 5. The Balaban J connectivity index is 4.28. The fraction of sp³-hybridized carbons (Fsp3) is 0.909. The Morgan fingerprint density at radius 1 is 1.31 bits per heavy atom. The van der Waals surface area contributed by atoms with Crippen molar-refractivity contribution >= 4 is 5.78 Å². The molecule has 0 aliphatic heterocycles. The Kier molecular flexibility index (Phi) is 5.23. The fourth-order valence-corrected chi connectivity index (χ4v) is 1.25. The van der Waals surface area contributed by atoms with Crippen LogP contribution in [0.1, 0.15) is 47.5 Å². The summed E-state index contributed by atoms with van der Waals surface area (Å²) in [6.07, 6.45) is 1.28. The zero-order valence-electron chi connectivity index (χ0n) is 9.52. The monoisotopic (exact) mass is 186 g/mol. The highest BCUT2D eigenvalue weighted by Crippen LogP contribution is 2.24. The van der Waals surface area contributed by atoms with Crippen LogP contribution < -0.4 is 0 Å². The molecule has 0 aromatic carbocycles. The van der Waals surface area contributed by atoms with Crippen molar-refractivity contribution in [2.75, 3.05) is 6.61 Å². The van der Waals surface area contributed by atoms with Crippen LogP contribution >= 0.6 is 0 Å². The van der Waals surface area contributed by atoms with E-state index in [-0.39, 0.29) is 17.3 Å². The number of carbonyl (C=O) groups is 1. The molecule has 0 amide bonds. The summed E-state index contributed by atoms with van der Waals surface area (Å²) in [5.41, 5.74) is -0.0811. The van der Waals surface area contributed by atoms with Crippen LogP contribution in [-0.4, -0.2) is 18.5 Å². The number of hydrogen-bond donors (Lipinski definition) is 0. The van der Waals surface area contributed by atoms with Crippen molar-refractivity contribution < 1.29 is 9.53 Å². The van der Waals surface area contributed by atoms with Gasteiger partial charge in [-0.25, -0.2) is 0 Å². The molecule has 2 nitrogen and oxygen atoms in total. The van der Waals surface area contributed by atoms with Gasteiger partial charge in [0.1, 0.15) is 6.10 Å². The van der Waals surface area contributed by atoms with Gasteiger partial charge in [0.2, 0.25) is 0 Å². The van der Waals surface area contributed by atoms with Crippen molar-refractivity contribution in [3.05, 3.63) is 0 Å². The summed E-state index contributed by atoms with van der Waals surface area (Å²) in [6, 6.07) is 0. The highest BCUT2D eigenvalue weighted by Gasteiger charge is 2.30. The normalized spacial score (nSPS) is 14.2. The fourth-order valence-electron chi connectivity index (χ4n) is 1.25. The molecule has 0 aromatic heterocycles. The first-order chi connectivity index (χ1) is 5.93. The number of hydrogen-bond acceptors (Lipinski definition) is 2. The van der Waals surface area contributed by atoms with Crippen LogP contribution in [0.15, 0.2) is 0 Å². The molecule has 0 fully saturated rings. The largest absolute Gasteiger partial charge is 0.370 e. The van der Waals surface area contributed by atoms with E-state index in [0.29, 0.717) is 13.0 Å². The van der Waals surface area contributed by atoms with Crippen LogP contribution in [0.4, 0.5) is 0 Å². The second-order valence-electron chi connectivity index (χ2n) is 4.44. The molecule has 78 valence electrons. The Morgan fingerprint density at radius 3 is 2.15 bits per heavy atom. The third-order valence-corrected chi connectivity index (χ3v) is 1.92. The van der Waals surface area contributed by atoms with E-state index < -0.39 is 0 Å². The molecule has 2 heteroatoms. The Morgan fingerprint density at radius 2 is 1.85 bits per heavy atom. The standard InChI is InChI=1S/C11H22O2/c1-6-8-13-10(9(12)7-2)11(3,4)5/h10H,6-8H2,1-5H3. The third-order valence-electron chi connectivity index (χ3n) is 1.92. The first-order valence-corrected chi connectivity index (χ1v) is 5.07. The molecule has 0 N–H and O–H groups in total. The summed E-state index contributed by atoms with van der Waals surface area (Å²) in [7, 11) is 0. The van der Waals surface area contributed by atoms with E-state index in [9.17, 15) is 4.79 Å². The van der Waals surface area contributed by atoms with Crippen molar-refractivity contribution in [3.8, 4) is 0 Å². The predicted molar refractivity (Wildman–Crippen MR) is 54.8 cm³/mol. The second kappa shape index (κ2) is 5.38. The van der Waals surface area contributed by atoms with E-state index in [1.165, 1.54) is 0 Å². The molecular formula is C11H22O2. The van der Waals surface area contributed by atoms with Gasteiger partial charge in [-0.2, -0.15) is 0 Å². The van der Waals surface area contributed by atoms with Gasteiger partial charge >= 0.3 is 0 Å². The van der Waals surface area contributed by atoms with E-state index in [2.05, 4.69) is 6.92 Å². The average molecular weight is 186 g/mol. The van der Waals surface area contributed by atoms with Crippen LogP contribution in [0.25, 0.3) is 0 Å². The van der Waals surface area contributed by atoms with Gasteiger partial charge in [-0.3, -0.25) is 4.79 Å². The molecular weight excluding hydrogens is 164 g/mol. The lowest BCUT2D eigenvalue weighted by Crippen LogP contribution is -2.36. The van der Waals surface area contributed by atoms with Gasteiger partial charge in [0.25, 0.3) is 0 Å². The van der Waals surface area contributed by atoms with Crippen molar-refractivity contribution in [1.29, 1.82) is 0 Å². The van der Waals surface area contributed by atoms with E-state index in [0.717, 1.165) is 6.42 Å². The van der Waals surface area contributed by atoms with Crippen molar-refractivity contribution in [2.24, 2.45) is 5.41 Å². The zero-order chi connectivity index (χ0) is 10.5. The maximum Gasteiger partial charge on any atom is 0.161 e. The molecule has 1 atom stereocenters. The smallest absolute Gasteiger partial charge is 0.161 e. The maximum absolute atomic E-state index is 11.5. The predicted octanol–water partition coefficient (Wildman–Crippen LogP) is 2.81. The molecule has 0 aliphatic carbocycles. The van der Waals surface area contributed by atoms with Gasteiger partial charge in [-0.15, -0.1) is 0 Å². The van der Waals surface area contributed by atoms with Crippen LogP contribution in [0.3, 0.4) is 0 Å². The molecule has 0 aliphatic rings. The molecule has 13 heavy (non-hydrogen) atoms. The van der Waals surface area contributed by atoms with Crippen LogP contribution in [0, 0.1) is 5.41 Å². The average Bonchev–Trinajstić information content (AvgIpc) is 2.02. The third kappa shape index (κ3) is 4.41. The topological polar surface area (TPSA) is 26.3 Å². The molecule has 0 saturated carbocycles. The molecule has 0 aromatic rings. The van der Waals surface area contributed by atoms with Crippen LogP contribution in [0.2, 0.25) is 0 Å². The molecule has 0 saturated heterocycles. The van der Waals surface area contributed by atoms with Gasteiger partial charge in [0.05, 0.1) is 0 Å². The number of Topliss-reactive ketones (excluding diaryl/α,β-unsaturated/α-hetero) is 1. The number of carbonyl (C=O) groups excluding carboxylic acids is 1. The highest BCUT2D eigenvalue weighted by atomic mass is 16.5. The van der Waals surface area contributed by atoms with Crippen molar-refractivity contribution in [3.63, 3.8) is 0 Å². The van der Waals surface area contributed by atoms with Gasteiger partial charge in [0, 0.05) is 13.0 Å². The van der Waals surface area contributed by atoms with Gasteiger partial charge in [-0.1, -0.05) is 34.6 Å². The lowest BCUT2D eigenvalue weighted by molar-refractivity contribution is -0.137. The quantitative estimate of drug-likeness (QED) is 0.660. The minimum atomic E-state index is -0.238. The SMILES string of the molecule is CCCOC(C(=O)CC)C(C)(C)C. The summed E-state index contributed by atoms with van der Waals surface area (Å²) in [5, 5.41) is 0. The van der Waals surface area contributed by atoms with Crippen LogP contribution in [0.5, 0.6) is 0 Å². The Labute approximate surface area is 81.7 Å². The van der Waals surface area contributed by atoms with E-state index in [4.69, 9.17) is 4.74 Å². The lowest BCUT2D eigenvalue weighted by atomic mass is 9.85. The molecule has 0 rings (SSSR count). The number of ketones is 1. The van der Waals surface area contributed by atoms with Gasteiger partial charge < -0.3 is 4.74 Å².